The molecular weight excluding hydrogens is 226 g/mol. The molecule has 0 amide bonds. The molecule has 0 saturated heterocycles. The molecule has 1 nitrogen and oxygen atoms in total. The van der Waals surface area contributed by atoms with Crippen molar-refractivity contribution in [3.63, 3.8) is 0 Å². The van der Waals surface area contributed by atoms with Gasteiger partial charge < -0.3 is 4.98 Å². The Kier molecular flexibility index (Phi) is 2.80. The summed E-state index contributed by atoms with van der Waals surface area (Å²) in [4.78, 5) is 4.74. The Labute approximate surface area is 105 Å². The summed E-state index contributed by atoms with van der Waals surface area (Å²) < 4.78 is 0. The van der Waals surface area contributed by atoms with Gasteiger partial charge in [-0.2, -0.15) is 0 Å². The maximum Gasteiger partial charge on any atom is 0.0490 e. The van der Waals surface area contributed by atoms with Crippen LogP contribution in [0.25, 0.3) is 11.3 Å². The molecular formula is C15H13NS. The smallest absolute Gasteiger partial charge is 0.0490 e. The van der Waals surface area contributed by atoms with Gasteiger partial charge in [-0.1, -0.05) is 36.4 Å². The largest absolute Gasteiger partial charge is 0.361 e. The minimum Gasteiger partial charge on any atom is -0.361 e. The molecule has 3 rings (SSSR count). The number of nitrogens with one attached hydrogen (secondary N) is 1. The summed E-state index contributed by atoms with van der Waals surface area (Å²) in [6, 6.07) is 16.9. The molecule has 0 bridgehead atoms. The van der Waals surface area contributed by atoms with Gasteiger partial charge in [0.05, 0.1) is 0 Å². The first-order chi connectivity index (χ1) is 8.43. The van der Waals surface area contributed by atoms with Crippen LogP contribution in [0.2, 0.25) is 0 Å². The molecule has 2 aromatic heterocycles. The third-order valence-corrected chi connectivity index (χ3v) is 3.72. The molecule has 2 heterocycles. The van der Waals surface area contributed by atoms with Crippen LogP contribution in [0.5, 0.6) is 0 Å². The van der Waals surface area contributed by atoms with Crippen molar-refractivity contribution < 1.29 is 0 Å². The molecule has 2 heteroatoms. The second-order valence-electron chi connectivity index (χ2n) is 4.00. The number of thiophene rings is 1. The fraction of sp³-hybridized carbons (Fsp3) is 0.0667. The number of hydrogen-bond donors (Lipinski definition) is 1. The Bertz CT molecular complexity index is 578. The van der Waals surface area contributed by atoms with Crippen LogP contribution in [-0.2, 0) is 6.42 Å². The molecule has 0 unspecified atom stereocenters. The van der Waals surface area contributed by atoms with Crippen molar-refractivity contribution >= 4 is 11.3 Å². The van der Waals surface area contributed by atoms with Crippen LogP contribution in [0.1, 0.15) is 10.4 Å². The van der Waals surface area contributed by atoms with Crippen molar-refractivity contribution in [2.75, 3.05) is 0 Å². The average Bonchev–Trinajstić information content (AvgIpc) is 3.02. The summed E-state index contributed by atoms with van der Waals surface area (Å²) in [6.07, 6.45) is 3.02. The van der Waals surface area contributed by atoms with Crippen molar-refractivity contribution in [3.05, 3.63) is 70.5 Å². The van der Waals surface area contributed by atoms with E-state index in [4.69, 9.17) is 0 Å². The Hall–Kier alpha value is -1.80. The highest BCUT2D eigenvalue weighted by Gasteiger charge is 2.06. The van der Waals surface area contributed by atoms with Crippen molar-refractivity contribution in [1.82, 2.24) is 4.98 Å². The first kappa shape index (κ1) is 10.4. The first-order valence-electron chi connectivity index (χ1n) is 5.67. The molecule has 3 aromatic rings. The lowest BCUT2D eigenvalue weighted by atomic mass is 10.1. The lowest BCUT2D eigenvalue weighted by Gasteiger charge is -2.03. The monoisotopic (exact) mass is 239 g/mol. The Balaban J connectivity index is 1.95. The van der Waals surface area contributed by atoms with Crippen molar-refractivity contribution in [2.45, 2.75) is 6.42 Å². The van der Waals surface area contributed by atoms with Crippen molar-refractivity contribution in [1.29, 1.82) is 0 Å². The fourth-order valence-electron chi connectivity index (χ4n) is 2.02. The minimum absolute atomic E-state index is 1.01. The van der Waals surface area contributed by atoms with E-state index in [1.165, 1.54) is 21.7 Å². The van der Waals surface area contributed by atoms with Gasteiger partial charge in [-0.3, -0.25) is 0 Å². The molecule has 0 radical (unpaired) electrons. The van der Waals surface area contributed by atoms with E-state index in [0.717, 1.165) is 6.42 Å². The van der Waals surface area contributed by atoms with Gasteiger partial charge in [0, 0.05) is 23.2 Å². The SMILES string of the molecule is c1ccc(-c2[nH]ccc2Cc2cccs2)cc1. The second-order valence-corrected chi connectivity index (χ2v) is 5.03. The van der Waals surface area contributed by atoms with Crippen LogP contribution in [0.15, 0.2) is 60.1 Å². The molecule has 84 valence electrons. The van der Waals surface area contributed by atoms with Crippen LogP contribution in [0.3, 0.4) is 0 Å². The van der Waals surface area contributed by atoms with Gasteiger partial charge in [0.15, 0.2) is 0 Å². The van der Waals surface area contributed by atoms with Gasteiger partial charge in [0.1, 0.15) is 0 Å². The van der Waals surface area contributed by atoms with E-state index in [2.05, 4.69) is 52.8 Å². The van der Waals surface area contributed by atoms with E-state index in [9.17, 15) is 0 Å². The number of H-pyrrole nitrogens is 1. The zero-order chi connectivity index (χ0) is 11.5. The zero-order valence-electron chi connectivity index (χ0n) is 9.39. The molecule has 0 atom stereocenters. The van der Waals surface area contributed by atoms with E-state index in [-0.39, 0.29) is 0 Å². The lowest BCUT2D eigenvalue weighted by Crippen LogP contribution is -1.86. The summed E-state index contributed by atoms with van der Waals surface area (Å²) in [7, 11) is 0. The van der Waals surface area contributed by atoms with Crippen LogP contribution in [0, 0.1) is 0 Å². The van der Waals surface area contributed by atoms with Crippen LogP contribution < -0.4 is 0 Å². The standard InChI is InChI=1S/C15H13NS/c1-2-5-12(6-3-1)15-13(8-9-16-15)11-14-7-4-10-17-14/h1-10,16H,11H2. The molecule has 0 saturated carbocycles. The second kappa shape index (κ2) is 4.60. The summed E-state index contributed by atoms with van der Waals surface area (Å²) >= 11 is 1.81. The Morgan fingerprint density at radius 2 is 1.82 bits per heavy atom. The first-order valence-corrected chi connectivity index (χ1v) is 6.55. The van der Waals surface area contributed by atoms with Gasteiger partial charge in [-0.05, 0) is 28.6 Å². The summed E-state index contributed by atoms with van der Waals surface area (Å²) in [5.41, 5.74) is 3.85. The molecule has 0 aliphatic rings. The normalized spacial score (nSPS) is 10.6. The third-order valence-electron chi connectivity index (χ3n) is 2.84. The Morgan fingerprint density at radius 3 is 2.59 bits per heavy atom. The van der Waals surface area contributed by atoms with Crippen LogP contribution in [-0.4, -0.2) is 4.98 Å². The topological polar surface area (TPSA) is 15.8 Å². The quantitative estimate of drug-likeness (QED) is 0.700. The van der Waals surface area contributed by atoms with E-state index < -0.39 is 0 Å². The highest BCUT2D eigenvalue weighted by molar-refractivity contribution is 7.09. The van der Waals surface area contributed by atoms with Gasteiger partial charge in [-0.15, -0.1) is 11.3 Å². The molecule has 0 spiro atoms. The fourth-order valence-corrected chi connectivity index (χ4v) is 2.75. The minimum atomic E-state index is 1.01. The number of benzene rings is 1. The number of aromatic nitrogens is 1. The zero-order valence-corrected chi connectivity index (χ0v) is 10.2. The van der Waals surface area contributed by atoms with E-state index in [1.54, 1.807) is 0 Å². The highest BCUT2D eigenvalue weighted by Crippen LogP contribution is 2.25. The maximum atomic E-state index is 3.34. The Morgan fingerprint density at radius 1 is 0.941 bits per heavy atom. The van der Waals surface area contributed by atoms with Gasteiger partial charge in [-0.25, -0.2) is 0 Å². The summed E-state index contributed by atoms with van der Waals surface area (Å²) in [5, 5.41) is 2.13. The molecule has 0 aliphatic carbocycles. The lowest BCUT2D eigenvalue weighted by molar-refractivity contribution is 1.24. The predicted molar refractivity (Wildman–Crippen MR) is 73.4 cm³/mol. The summed E-state index contributed by atoms with van der Waals surface area (Å²) in [6.45, 7) is 0. The van der Waals surface area contributed by atoms with Gasteiger partial charge >= 0.3 is 0 Å². The van der Waals surface area contributed by atoms with Gasteiger partial charge in [0.2, 0.25) is 0 Å². The van der Waals surface area contributed by atoms with Crippen molar-refractivity contribution in [3.8, 4) is 11.3 Å². The average molecular weight is 239 g/mol. The van der Waals surface area contributed by atoms with E-state index >= 15 is 0 Å². The number of hydrogen-bond acceptors (Lipinski definition) is 1. The van der Waals surface area contributed by atoms with E-state index in [1.807, 2.05) is 23.6 Å². The highest BCUT2D eigenvalue weighted by atomic mass is 32.1. The molecule has 0 aliphatic heterocycles. The van der Waals surface area contributed by atoms with Crippen LogP contribution in [0.4, 0.5) is 0 Å². The third kappa shape index (κ3) is 2.17. The molecule has 1 aromatic carbocycles. The summed E-state index contributed by atoms with van der Waals surface area (Å²) in [5.74, 6) is 0. The maximum absolute atomic E-state index is 3.34. The predicted octanol–water partition coefficient (Wildman–Crippen LogP) is 4.33. The number of aromatic amines is 1. The van der Waals surface area contributed by atoms with Crippen molar-refractivity contribution in [2.24, 2.45) is 0 Å². The van der Waals surface area contributed by atoms with E-state index in [0.29, 0.717) is 0 Å². The number of rotatable bonds is 3. The molecule has 1 N–H and O–H groups in total. The molecule has 17 heavy (non-hydrogen) atoms. The molecule has 0 fully saturated rings. The van der Waals surface area contributed by atoms with Gasteiger partial charge in [0.25, 0.3) is 0 Å². The van der Waals surface area contributed by atoms with Crippen LogP contribution >= 0.6 is 11.3 Å².